The molecule has 3 aliphatic rings. The molecule has 3 nitrogen and oxygen atoms in total. The normalized spacial score (nSPS) is 45.5. The van der Waals surface area contributed by atoms with Crippen molar-refractivity contribution >= 4 is 0 Å². The molecule has 3 atom stereocenters. The first-order valence-corrected chi connectivity index (χ1v) is 6.42. The summed E-state index contributed by atoms with van der Waals surface area (Å²) in [6, 6.07) is 2.45. The second-order valence-electron chi connectivity index (χ2n) is 5.81. The summed E-state index contributed by atoms with van der Waals surface area (Å²) in [5.41, 5.74) is -1.24. The van der Waals surface area contributed by atoms with E-state index >= 15 is 0 Å². The molecule has 0 amide bonds. The van der Waals surface area contributed by atoms with Crippen molar-refractivity contribution in [2.75, 3.05) is 13.2 Å². The van der Waals surface area contributed by atoms with E-state index in [1.54, 1.807) is 0 Å². The maximum atomic E-state index is 11.0. The summed E-state index contributed by atoms with van der Waals surface area (Å²) in [6.45, 7) is 1.26. The molecule has 2 saturated carbocycles. The third kappa shape index (κ3) is 1.20. The zero-order chi connectivity index (χ0) is 11.2. The molecule has 3 heteroatoms. The van der Waals surface area contributed by atoms with E-state index < -0.39 is 11.0 Å². The summed E-state index contributed by atoms with van der Waals surface area (Å²) in [6.07, 6.45) is 5.79. The molecule has 0 aromatic heterocycles. The van der Waals surface area contributed by atoms with Crippen LogP contribution in [-0.4, -0.2) is 23.9 Å². The second kappa shape index (κ2) is 3.45. The average molecular weight is 221 g/mol. The number of rotatable bonds is 1. The zero-order valence-corrected chi connectivity index (χ0v) is 9.61. The number of aliphatic hydroxyl groups is 1. The molecule has 1 heterocycles. The van der Waals surface area contributed by atoms with Crippen LogP contribution in [0.5, 0.6) is 0 Å². The molecule has 88 valence electrons. The lowest BCUT2D eigenvalue weighted by molar-refractivity contribution is -0.133. The summed E-state index contributed by atoms with van der Waals surface area (Å²) in [5, 5.41) is 20.5. The predicted octanol–water partition coefficient (Wildman–Crippen LogP) is 1.86. The molecule has 3 rings (SSSR count). The molecule has 1 saturated heterocycles. The highest BCUT2D eigenvalue weighted by molar-refractivity contribution is 5.18. The standard InChI is InChI=1S/C13H19NO2/c14-9-12(3-5-16-6-4-12)13(15)8-10-1-2-11(13)7-10/h10-11,15H,1-8H2. The molecule has 0 aromatic carbocycles. The van der Waals surface area contributed by atoms with E-state index in [-0.39, 0.29) is 0 Å². The molecule has 3 fully saturated rings. The van der Waals surface area contributed by atoms with Crippen LogP contribution >= 0.6 is 0 Å². The van der Waals surface area contributed by atoms with Gasteiger partial charge in [0.15, 0.2) is 0 Å². The Morgan fingerprint density at radius 1 is 1.25 bits per heavy atom. The first kappa shape index (κ1) is 10.6. The summed E-state index contributed by atoms with van der Waals surface area (Å²) < 4.78 is 5.35. The molecule has 0 spiro atoms. The molecule has 0 aromatic rings. The van der Waals surface area contributed by atoms with E-state index in [2.05, 4.69) is 6.07 Å². The quantitative estimate of drug-likeness (QED) is 0.735. The fourth-order valence-electron chi connectivity index (χ4n) is 4.25. The van der Waals surface area contributed by atoms with Crippen LogP contribution in [-0.2, 0) is 4.74 Å². The van der Waals surface area contributed by atoms with Gasteiger partial charge in [0.25, 0.3) is 0 Å². The van der Waals surface area contributed by atoms with Crippen LogP contribution in [0.3, 0.4) is 0 Å². The number of ether oxygens (including phenoxy) is 1. The zero-order valence-electron chi connectivity index (χ0n) is 9.61. The van der Waals surface area contributed by atoms with Gasteiger partial charge < -0.3 is 9.84 Å². The van der Waals surface area contributed by atoms with Gasteiger partial charge in [-0.2, -0.15) is 5.26 Å². The number of nitrogens with zero attached hydrogens (tertiary/aromatic N) is 1. The average Bonchev–Trinajstić information content (AvgIpc) is 2.90. The Morgan fingerprint density at radius 2 is 2.00 bits per heavy atom. The fraction of sp³-hybridized carbons (Fsp3) is 0.923. The van der Waals surface area contributed by atoms with E-state index in [0.29, 0.717) is 37.9 Å². The highest BCUT2D eigenvalue weighted by atomic mass is 16.5. The van der Waals surface area contributed by atoms with Gasteiger partial charge in [-0.1, -0.05) is 0 Å². The first-order valence-electron chi connectivity index (χ1n) is 6.42. The van der Waals surface area contributed by atoms with Crippen LogP contribution in [0, 0.1) is 28.6 Å². The minimum atomic E-state index is -0.714. The monoisotopic (exact) mass is 221 g/mol. The van der Waals surface area contributed by atoms with Crippen molar-refractivity contribution in [3.63, 3.8) is 0 Å². The van der Waals surface area contributed by atoms with Crippen LogP contribution < -0.4 is 0 Å². The van der Waals surface area contributed by atoms with E-state index in [0.717, 1.165) is 19.3 Å². The van der Waals surface area contributed by atoms with Gasteiger partial charge in [0, 0.05) is 13.2 Å². The largest absolute Gasteiger partial charge is 0.388 e. The van der Waals surface area contributed by atoms with Crippen molar-refractivity contribution in [2.45, 2.75) is 44.1 Å². The van der Waals surface area contributed by atoms with Gasteiger partial charge in [-0.15, -0.1) is 0 Å². The summed E-state index contributed by atoms with van der Waals surface area (Å²) >= 11 is 0. The smallest absolute Gasteiger partial charge is 0.0906 e. The van der Waals surface area contributed by atoms with Crippen LogP contribution in [0.2, 0.25) is 0 Å². The van der Waals surface area contributed by atoms with Crippen molar-refractivity contribution < 1.29 is 9.84 Å². The van der Waals surface area contributed by atoms with Gasteiger partial charge in [0.1, 0.15) is 0 Å². The predicted molar refractivity (Wildman–Crippen MR) is 58.5 cm³/mol. The minimum absolute atomic E-state index is 0.371. The Kier molecular flexibility index (Phi) is 2.28. The molecular formula is C13H19NO2. The van der Waals surface area contributed by atoms with Gasteiger partial charge in [-0.25, -0.2) is 0 Å². The lowest BCUT2D eigenvalue weighted by Crippen LogP contribution is -2.53. The topological polar surface area (TPSA) is 53.2 Å². The molecule has 2 bridgehead atoms. The van der Waals surface area contributed by atoms with E-state index in [9.17, 15) is 10.4 Å². The van der Waals surface area contributed by atoms with Crippen molar-refractivity contribution in [1.82, 2.24) is 0 Å². The molecular weight excluding hydrogens is 202 g/mol. The van der Waals surface area contributed by atoms with Crippen LogP contribution in [0.1, 0.15) is 38.5 Å². The number of hydrogen-bond donors (Lipinski definition) is 1. The maximum absolute atomic E-state index is 11.0. The fourth-order valence-corrected chi connectivity index (χ4v) is 4.25. The van der Waals surface area contributed by atoms with Crippen molar-refractivity contribution in [3.05, 3.63) is 0 Å². The van der Waals surface area contributed by atoms with Gasteiger partial charge in [-0.3, -0.25) is 0 Å². The Morgan fingerprint density at radius 3 is 2.50 bits per heavy atom. The molecule has 0 radical (unpaired) electrons. The Hall–Kier alpha value is -0.590. The van der Waals surface area contributed by atoms with Crippen LogP contribution in [0.15, 0.2) is 0 Å². The second-order valence-corrected chi connectivity index (χ2v) is 5.81. The molecule has 3 unspecified atom stereocenters. The SMILES string of the molecule is N#CC1(C2(O)CC3CCC2C3)CCOCC1. The number of hydrogen-bond acceptors (Lipinski definition) is 3. The van der Waals surface area contributed by atoms with Crippen molar-refractivity contribution in [1.29, 1.82) is 5.26 Å². The maximum Gasteiger partial charge on any atom is 0.0906 e. The van der Waals surface area contributed by atoms with Gasteiger partial charge >= 0.3 is 0 Å². The van der Waals surface area contributed by atoms with E-state index in [1.807, 2.05) is 0 Å². The number of fused-ring (bicyclic) bond motifs is 2. The van der Waals surface area contributed by atoms with Gasteiger partial charge in [0.2, 0.25) is 0 Å². The van der Waals surface area contributed by atoms with Gasteiger partial charge in [-0.05, 0) is 50.4 Å². The van der Waals surface area contributed by atoms with Crippen LogP contribution in [0.25, 0.3) is 0 Å². The summed E-state index contributed by atoms with van der Waals surface area (Å²) in [5.74, 6) is 1.04. The Bertz CT molecular complexity index is 329. The van der Waals surface area contributed by atoms with Crippen molar-refractivity contribution in [3.8, 4) is 6.07 Å². The molecule has 1 N–H and O–H groups in total. The molecule has 1 aliphatic heterocycles. The lowest BCUT2D eigenvalue weighted by atomic mass is 9.61. The summed E-state index contributed by atoms with van der Waals surface area (Å²) in [4.78, 5) is 0. The number of nitriles is 1. The van der Waals surface area contributed by atoms with E-state index in [4.69, 9.17) is 4.74 Å². The molecule has 2 aliphatic carbocycles. The minimum Gasteiger partial charge on any atom is -0.388 e. The summed E-state index contributed by atoms with van der Waals surface area (Å²) in [7, 11) is 0. The van der Waals surface area contributed by atoms with Crippen molar-refractivity contribution in [2.24, 2.45) is 17.3 Å². The highest BCUT2D eigenvalue weighted by Crippen LogP contribution is 2.59. The Balaban J connectivity index is 1.92. The highest BCUT2D eigenvalue weighted by Gasteiger charge is 2.61. The lowest BCUT2D eigenvalue weighted by Gasteiger charge is -2.47. The first-order chi connectivity index (χ1) is 7.70. The third-order valence-corrected chi connectivity index (χ3v) is 5.21. The van der Waals surface area contributed by atoms with E-state index in [1.165, 1.54) is 6.42 Å². The van der Waals surface area contributed by atoms with Crippen LogP contribution in [0.4, 0.5) is 0 Å². The third-order valence-electron chi connectivity index (χ3n) is 5.21. The molecule has 16 heavy (non-hydrogen) atoms. The van der Waals surface area contributed by atoms with Gasteiger partial charge in [0.05, 0.1) is 17.1 Å². The Labute approximate surface area is 96.4 Å².